The molecule has 2 unspecified atom stereocenters. The molecule has 0 aliphatic heterocycles. The molecule has 2 rings (SSSR count). The highest BCUT2D eigenvalue weighted by molar-refractivity contribution is 9.10. The van der Waals surface area contributed by atoms with Crippen LogP contribution < -0.4 is 5.32 Å². The molecule has 1 aromatic carbocycles. The summed E-state index contributed by atoms with van der Waals surface area (Å²) in [7, 11) is 0. The van der Waals surface area contributed by atoms with Gasteiger partial charge in [0.2, 0.25) is 5.89 Å². The van der Waals surface area contributed by atoms with Gasteiger partial charge < -0.3 is 4.42 Å². The first-order valence-electron chi connectivity index (χ1n) is 6.00. The number of oxazole rings is 1. The van der Waals surface area contributed by atoms with Crippen molar-refractivity contribution in [1.82, 2.24) is 10.3 Å². The van der Waals surface area contributed by atoms with Crippen LogP contribution in [0.25, 0.3) is 0 Å². The first-order chi connectivity index (χ1) is 8.56. The molecule has 2 aromatic rings. The van der Waals surface area contributed by atoms with Crippen molar-refractivity contribution < 1.29 is 4.42 Å². The summed E-state index contributed by atoms with van der Waals surface area (Å²) in [4.78, 5) is 4.24. The van der Waals surface area contributed by atoms with Gasteiger partial charge in [0.05, 0.1) is 12.2 Å². The van der Waals surface area contributed by atoms with E-state index in [1.165, 1.54) is 5.56 Å². The van der Waals surface area contributed by atoms with E-state index < -0.39 is 0 Å². The van der Waals surface area contributed by atoms with Crippen LogP contribution >= 0.6 is 15.9 Å². The first kappa shape index (κ1) is 13.3. The number of hydrogen-bond acceptors (Lipinski definition) is 3. The van der Waals surface area contributed by atoms with Gasteiger partial charge in [0.1, 0.15) is 5.76 Å². The van der Waals surface area contributed by atoms with E-state index in [1.807, 2.05) is 19.1 Å². The molecular formula is C14H17BrN2O. The second-order valence-electron chi connectivity index (χ2n) is 4.47. The molecule has 1 heterocycles. The Labute approximate surface area is 116 Å². The number of aromatic nitrogens is 1. The minimum absolute atomic E-state index is 0.0904. The fraction of sp³-hybridized carbons (Fsp3) is 0.357. The van der Waals surface area contributed by atoms with Gasteiger partial charge in [-0.15, -0.1) is 0 Å². The molecule has 0 radical (unpaired) electrons. The quantitative estimate of drug-likeness (QED) is 0.921. The zero-order valence-electron chi connectivity index (χ0n) is 10.8. The maximum atomic E-state index is 5.52. The van der Waals surface area contributed by atoms with E-state index in [0.717, 1.165) is 16.1 Å². The molecule has 0 saturated heterocycles. The molecule has 96 valence electrons. The topological polar surface area (TPSA) is 38.1 Å². The predicted molar refractivity (Wildman–Crippen MR) is 75.3 cm³/mol. The third-order valence-corrected chi connectivity index (χ3v) is 3.35. The third-order valence-electron chi connectivity index (χ3n) is 2.86. The fourth-order valence-electron chi connectivity index (χ4n) is 1.89. The molecule has 0 aliphatic rings. The standard InChI is InChI=1S/C14H17BrN2O/c1-9-8-16-14(18-9)11(3)17-10(2)12-5-4-6-13(15)7-12/h4-8,10-11,17H,1-3H3. The van der Waals surface area contributed by atoms with E-state index in [-0.39, 0.29) is 12.1 Å². The van der Waals surface area contributed by atoms with Crippen LogP contribution in [-0.2, 0) is 0 Å². The van der Waals surface area contributed by atoms with Crippen LogP contribution in [-0.4, -0.2) is 4.98 Å². The number of rotatable bonds is 4. The minimum Gasteiger partial charge on any atom is -0.444 e. The van der Waals surface area contributed by atoms with Gasteiger partial charge in [0.15, 0.2) is 0 Å². The number of aryl methyl sites for hydroxylation is 1. The van der Waals surface area contributed by atoms with E-state index in [0.29, 0.717) is 0 Å². The van der Waals surface area contributed by atoms with Crippen molar-refractivity contribution in [3.8, 4) is 0 Å². The maximum absolute atomic E-state index is 5.52. The van der Waals surface area contributed by atoms with Crippen LogP contribution in [0.2, 0.25) is 0 Å². The van der Waals surface area contributed by atoms with Crippen molar-refractivity contribution in [2.75, 3.05) is 0 Å². The summed E-state index contributed by atoms with van der Waals surface area (Å²) in [5, 5.41) is 3.48. The lowest BCUT2D eigenvalue weighted by atomic mass is 10.1. The summed E-state index contributed by atoms with van der Waals surface area (Å²) in [5.74, 6) is 1.57. The number of hydrogen-bond donors (Lipinski definition) is 1. The maximum Gasteiger partial charge on any atom is 0.211 e. The summed E-state index contributed by atoms with van der Waals surface area (Å²) in [5.41, 5.74) is 1.24. The molecular weight excluding hydrogens is 292 g/mol. The monoisotopic (exact) mass is 308 g/mol. The Bertz CT molecular complexity index is 524. The van der Waals surface area contributed by atoms with Gasteiger partial charge in [0.25, 0.3) is 0 Å². The lowest BCUT2D eigenvalue weighted by Crippen LogP contribution is -2.22. The van der Waals surface area contributed by atoms with Crippen molar-refractivity contribution in [2.45, 2.75) is 32.9 Å². The molecule has 0 saturated carbocycles. The first-order valence-corrected chi connectivity index (χ1v) is 6.79. The van der Waals surface area contributed by atoms with Crippen LogP contribution in [0.4, 0.5) is 0 Å². The Kier molecular flexibility index (Phi) is 4.19. The number of benzene rings is 1. The summed E-state index contributed by atoms with van der Waals surface area (Å²) in [6.07, 6.45) is 1.75. The second kappa shape index (κ2) is 5.67. The average Bonchev–Trinajstić information content (AvgIpc) is 2.76. The molecule has 18 heavy (non-hydrogen) atoms. The summed E-state index contributed by atoms with van der Waals surface area (Å²) in [6.45, 7) is 6.09. The number of nitrogens with zero attached hydrogens (tertiary/aromatic N) is 1. The number of halogens is 1. The Morgan fingerprint density at radius 3 is 2.67 bits per heavy atom. The smallest absolute Gasteiger partial charge is 0.211 e. The van der Waals surface area contributed by atoms with Crippen molar-refractivity contribution in [3.05, 3.63) is 52.1 Å². The minimum atomic E-state index is 0.0904. The van der Waals surface area contributed by atoms with Crippen LogP contribution in [0.1, 0.15) is 43.1 Å². The molecule has 4 heteroatoms. The van der Waals surface area contributed by atoms with E-state index in [2.05, 4.69) is 52.2 Å². The SMILES string of the molecule is Cc1cnc(C(C)NC(C)c2cccc(Br)c2)o1. The highest BCUT2D eigenvalue weighted by atomic mass is 79.9. The van der Waals surface area contributed by atoms with Gasteiger partial charge in [-0.2, -0.15) is 0 Å². The number of nitrogens with one attached hydrogen (secondary N) is 1. The van der Waals surface area contributed by atoms with Gasteiger partial charge in [-0.1, -0.05) is 28.1 Å². The second-order valence-corrected chi connectivity index (χ2v) is 5.39. The Balaban J connectivity index is 2.05. The van der Waals surface area contributed by atoms with Crippen LogP contribution in [0, 0.1) is 6.92 Å². The van der Waals surface area contributed by atoms with Crippen molar-refractivity contribution in [2.24, 2.45) is 0 Å². The van der Waals surface area contributed by atoms with Gasteiger partial charge in [0, 0.05) is 10.5 Å². The summed E-state index contributed by atoms with van der Waals surface area (Å²) >= 11 is 3.49. The lowest BCUT2D eigenvalue weighted by molar-refractivity contribution is 0.380. The van der Waals surface area contributed by atoms with E-state index >= 15 is 0 Å². The highest BCUT2D eigenvalue weighted by Gasteiger charge is 2.15. The van der Waals surface area contributed by atoms with Gasteiger partial charge >= 0.3 is 0 Å². The van der Waals surface area contributed by atoms with Crippen molar-refractivity contribution in [3.63, 3.8) is 0 Å². The summed E-state index contributed by atoms with van der Waals surface area (Å²) < 4.78 is 6.61. The van der Waals surface area contributed by atoms with Gasteiger partial charge in [-0.3, -0.25) is 5.32 Å². The zero-order valence-corrected chi connectivity index (χ0v) is 12.4. The third kappa shape index (κ3) is 3.21. The molecule has 0 bridgehead atoms. The van der Waals surface area contributed by atoms with Crippen LogP contribution in [0.5, 0.6) is 0 Å². The van der Waals surface area contributed by atoms with Crippen molar-refractivity contribution in [1.29, 1.82) is 0 Å². The average molecular weight is 309 g/mol. The predicted octanol–water partition coefficient (Wildman–Crippen LogP) is 4.16. The van der Waals surface area contributed by atoms with E-state index in [1.54, 1.807) is 6.20 Å². The van der Waals surface area contributed by atoms with Crippen molar-refractivity contribution >= 4 is 15.9 Å². The lowest BCUT2D eigenvalue weighted by Gasteiger charge is -2.18. The van der Waals surface area contributed by atoms with E-state index in [9.17, 15) is 0 Å². The molecule has 0 spiro atoms. The molecule has 1 N–H and O–H groups in total. The molecule has 1 aromatic heterocycles. The van der Waals surface area contributed by atoms with E-state index in [4.69, 9.17) is 4.42 Å². The molecule has 3 nitrogen and oxygen atoms in total. The Morgan fingerprint density at radius 2 is 2.06 bits per heavy atom. The van der Waals surface area contributed by atoms with Crippen LogP contribution in [0.3, 0.4) is 0 Å². The Morgan fingerprint density at radius 1 is 1.28 bits per heavy atom. The Hall–Kier alpha value is -1.13. The zero-order chi connectivity index (χ0) is 13.1. The van der Waals surface area contributed by atoms with Crippen LogP contribution in [0.15, 0.2) is 39.4 Å². The normalized spacial score (nSPS) is 14.4. The van der Waals surface area contributed by atoms with Gasteiger partial charge in [-0.25, -0.2) is 4.98 Å². The highest BCUT2D eigenvalue weighted by Crippen LogP contribution is 2.21. The molecule has 2 atom stereocenters. The van der Waals surface area contributed by atoms with Gasteiger partial charge in [-0.05, 0) is 38.5 Å². The largest absolute Gasteiger partial charge is 0.444 e. The molecule has 0 fully saturated rings. The molecule has 0 amide bonds. The summed E-state index contributed by atoms with van der Waals surface area (Å²) in [6, 6.07) is 8.62. The molecule has 0 aliphatic carbocycles. The fourth-order valence-corrected chi connectivity index (χ4v) is 2.31.